The molecule has 0 aliphatic carbocycles. The largest absolute Gasteiger partial charge is 0.457 e. The van der Waals surface area contributed by atoms with Crippen LogP contribution in [-0.2, 0) is 0 Å². The molecule has 1 atom stereocenters. The van der Waals surface area contributed by atoms with Crippen molar-refractivity contribution in [2.24, 2.45) is 0 Å². The summed E-state index contributed by atoms with van der Waals surface area (Å²) in [5.74, 6) is 3.27. The summed E-state index contributed by atoms with van der Waals surface area (Å²) in [5, 5.41) is 0. The van der Waals surface area contributed by atoms with Crippen LogP contribution in [0.1, 0.15) is 24.0 Å². The lowest BCUT2D eigenvalue weighted by Crippen LogP contribution is -2.00. The fourth-order valence-corrected chi connectivity index (χ4v) is 3.15. The molecule has 4 aromatic carbocycles. The lowest BCUT2D eigenvalue weighted by atomic mass is 9.92. The lowest BCUT2D eigenvalue weighted by Gasteiger charge is -2.18. The molecule has 4 aromatic rings. The number of ether oxygens (including phenoxy) is 2. The molecule has 0 amide bonds. The minimum absolute atomic E-state index is 0.0236. The Kier molecular flexibility index (Phi) is 5.92. The molecule has 0 saturated heterocycles. The Hall–Kier alpha value is -3.52. The quantitative estimate of drug-likeness (QED) is 0.331. The normalized spacial score (nSPS) is 11.6. The summed E-state index contributed by atoms with van der Waals surface area (Å²) in [6.07, 6.45) is 3.57. The van der Waals surface area contributed by atoms with Gasteiger partial charge in [-0.2, -0.15) is 0 Å². The van der Waals surface area contributed by atoms with E-state index < -0.39 is 0 Å². The number of rotatable bonds is 7. The van der Waals surface area contributed by atoms with Crippen LogP contribution in [0.15, 0.2) is 109 Å². The van der Waals surface area contributed by atoms with E-state index >= 15 is 0 Å². The van der Waals surface area contributed by atoms with E-state index in [9.17, 15) is 0 Å². The molecule has 0 aromatic heterocycles. The van der Waals surface area contributed by atoms with Gasteiger partial charge in [0.2, 0.25) is 0 Å². The topological polar surface area (TPSA) is 18.5 Å². The Balaban J connectivity index is 1.55. The van der Waals surface area contributed by atoms with Crippen LogP contribution < -0.4 is 9.47 Å². The summed E-state index contributed by atoms with van der Waals surface area (Å²) >= 11 is 0. The fraction of sp³-hybridized carbons (Fsp3) is 0.0741. The number of hydrogen-bond donors (Lipinski definition) is 0. The van der Waals surface area contributed by atoms with Gasteiger partial charge in [-0.15, -0.1) is 0 Å². The molecule has 0 N–H and O–H groups in total. The SMILES string of the molecule is CC([C]c1ccccc1Oc1ccccc1)c1ccccc1Oc1ccccc1. The van der Waals surface area contributed by atoms with E-state index in [0.29, 0.717) is 0 Å². The van der Waals surface area contributed by atoms with Crippen LogP contribution in [0.5, 0.6) is 23.0 Å². The second-order valence-electron chi connectivity index (χ2n) is 6.73. The van der Waals surface area contributed by atoms with E-state index in [-0.39, 0.29) is 5.92 Å². The minimum Gasteiger partial charge on any atom is -0.457 e. The highest BCUT2D eigenvalue weighted by Gasteiger charge is 2.16. The molecule has 0 spiro atoms. The maximum Gasteiger partial charge on any atom is 0.131 e. The van der Waals surface area contributed by atoms with Crippen molar-refractivity contribution in [2.75, 3.05) is 0 Å². The van der Waals surface area contributed by atoms with Crippen LogP contribution in [0.2, 0.25) is 0 Å². The van der Waals surface area contributed by atoms with E-state index in [1.54, 1.807) is 0 Å². The third-order valence-electron chi connectivity index (χ3n) is 4.59. The molecule has 0 aliphatic rings. The van der Waals surface area contributed by atoms with E-state index in [0.717, 1.165) is 34.1 Å². The first-order valence-corrected chi connectivity index (χ1v) is 9.70. The zero-order valence-corrected chi connectivity index (χ0v) is 16.3. The smallest absolute Gasteiger partial charge is 0.131 e. The summed E-state index contributed by atoms with van der Waals surface area (Å²) in [6, 6.07) is 35.7. The zero-order valence-electron chi connectivity index (χ0n) is 16.3. The zero-order chi connectivity index (χ0) is 19.9. The van der Waals surface area contributed by atoms with Gasteiger partial charge in [0.25, 0.3) is 0 Å². The molecule has 4 rings (SSSR count). The third kappa shape index (κ3) is 4.85. The highest BCUT2D eigenvalue weighted by atomic mass is 16.5. The van der Waals surface area contributed by atoms with Crippen LogP contribution in [0.25, 0.3) is 0 Å². The summed E-state index contributed by atoms with van der Waals surface area (Å²) in [5.41, 5.74) is 2.00. The molecule has 0 bridgehead atoms. The average molecular weight is 378 g/mol. The monoisotopic (exact) mass is 378 g/mol. The standard InChI is InChI=1S/C27H22O2/c1-21(25-17-9-11-19-27(25)29-24-15-6-3-7-16-24)20-22-12-8-10-18-26(22)28-23-13-4-2-5-14-23/h2-19,21H,1H3. The summed E-state index contributed by atoms with van der Waals surface area (Å²) in [4.78, 5) is 0. The van der Waals surface area contributed by atoms with Gasteiger partial charge in [-0.1, -0.05) is 79.7 Å². The van der Waals surface area contributed by atoms with Crippen molar-refractivity contribution < 1.29 is 9.47 Å². The molecule has 29 heavy (non-hydrogen) atoms. The molecular formula is C27H22O2. The van der Waals surface area contributed by atoms with Gasteiger partial charge in [-0.05, 0) is 47.9 Å². The average Bonchev–Trinajstić information content (AvgIpc) is 2.77. The van der Waals surface area contributed by atoms with Crippen LogP contribution in [0.4, 0.5) is 0 Å². The molecule has 0 aliphatic heterocycles. The predicted octanol–water partition coefficient (Wildman–Crippen LogP) is 7.50. The Labute approximate surface area is 172 Å². The number of benzene rings is 4. The predicted molar refractivity (Wildman–Crippen MR) is 117 cm³/mol. The van der Waals surface area contributed by atoms with Gasteiger partial charge in [0.05, 0.1) is 0 Å². The van der Waals surface area contributed by atoms with E-state index in [4.69, 9.17) is 9.47 Å². The van der Waals surface area contributed by atoms with Gasteiger partial charge in [-0.25, -0.2) is 0 Å². The van der Waals surface area contributed by atoms with Crippen molar-refractivity contribution >= 4 is 0 Å². The molecule has 1 unspecified atom stereocenters. The highest BCUT2D eigenvalue weighted by Crippen LogP contribution is 2.36. The van der Waals surface area contributed by atoms with Gasteiger partial charge in [-0.3, -0.25) is 0 Å². The minimum atomic E-state index is 0.0236. The van der Waals surface area contributed by atoms with Crippen LogP contribution >= 0.6 is 0 Å². The Morgan fingerprint density at radius 2 is 1.03 bits per heavy atom. The molecule has 0 saturated carbocycles. The Morgan fingerprint density at radius 3 is 1.69 bits per heavy atom. The van der Waals surface area contributed by atoms with Crippen LogP contribution in [-0.4, -0.2) is 0 Å². The first kappa shape index (κ1) is 18.8. The molecule has 2 nitrogen and oxygen atoms in total. The van der Waals surface area contributed by atoms with Crippen LogP contribution in [0, 0.1) is 6.42 Å². The van der Waals surface area contributed by atoms with Gasteiger partial charge in [0.15, 0.2) is 0 Å². The first-order chi connectivity index (χ1) is 14.3. The summed E-state index contributed by atoms with van der Waals surface area (Å²) < 4.78 is 12.2. The number of hydrogen-bond acceptors (Lipinski definition) is 2. The maximum absolute atomic E-state index is 6.12. The molecule has 0 fully saturated rings. The van der Waals surface area contributed by atoms with Gasteiger partial charge < -0.3 is 9.47 Å². The van der Waals surface area contributed by atoms with E-state index in [1.165, 1.54) is 0 Å². The summed E-state index contributed by atoms with van der Waals surface area (Å²) in [6.45, 7) is 2.12. The lowest BCUT2D eigenvalue weighted by molar-refractivity contribution is 0.471. The molecular weight excluding hydrogens is 356 g/mol. The Morgan fingerprint density at radius 1 is 0.552 bits per heavy atom. The third-order valence-corrected chi connectivity index (χ3v) is 4.59. The van der Waals surface area contributed by atoms with Crippen molar-refractivity contribution in [1.82, 2.24) is 0 Å². The molecule has 0 heterocycles. The van der Waals surface area contributed by atoms with E-state index in [2.05, 4.69) is 19.4 Å². The molecule has 2 radical (unpaired) electrons. The molecule has 142 valence electrons. The van der Waals surface area contributed by atoms with Gasteiger partial charge in [0, 0.05) is 12.0 Å². The van der Waals surface area contributed by atoms with Crippen molar-refractivity contribution in [2.45, 2.75) is 12.8 Å². The second-order valence-corrected chi connectivity index (χ2v) is 6.73. The van der Waals surface area contributed by atoms with Gasteiger partial charge in [0.1, 0.15) is 23.0 Å². The Bertz CT molecular complexity index is 1040. The van der Waals surface area contributed by atoms with Crippen molar-refractivity contribution in [1.29, 1.82) is 0 Å². The second kappa shape index (κ2) is 9.11. The maximum atomic E-state index is 6.12. The van der Waals surface area contributed by atoms with E-state index in [1.807, 2.05) is 103 Å². The highest BCUT2D eigenvalue weighted by molar-refractivity contribution is 5.47. The fourth-order valence-electron chi connectivity index (χ4n) is 3.15. The van der Waals surface area contributed by atoms with Gasteiger partial charge >= 0.3 is 0 Å². The summed E-state index contributed by atoms with van der Waals surface area (Å²) in [7, 11) is 0. The van der Waals surface area contributed by atoms with Crippen molar-refractivity contribution in [3.63, 3.8) is 0 Å². The van der Waals surface area contributed by atoms with Crippen molar-refractivity contribution in [3.8, 4) is 23.0 Å². The van der Waals surface area contributed by atoms with Crippen LogP contribution in [0.3, 0.4) is 0 Å². The first-order valence-electron chi connectivity index (χ1n) is 9.70. The van der Waals surface area contributed by atoms with Crippen molar-refractivity contribution in [3.05, 3.63) is 127 Å². The molecule has 2 heteroatoms. The number of para-hydroxylation sites is 4.